The van der Waals surface area contributed by atoms with Crippen molar-refractivity contribution in [2.45, 2.75) is 25.8 Å². The summed E-state index contributed by atoms with van der Waals surface area (Å²) in [6, 6.07) is 10.4. The van der Waals surface area contributed by atoms with Gasteiger partial charge in [-0.3, -0.25) is 0 Å². The van der Waals surface area contributed by atoms with Gasteiger partial charge in [-0.05, 0) is 59.1 Å². The van der Waals surface area contributed by atoms with Crippen LogP contribution < -0.4 is 10.1 Å². The Hall–Kier alpha value is -1.26. The van der Waals surface area contributed by atoms with E-state index >= 15 is 0 Å². The van der Waals surface area contributed by atoms with Crippen molar-refractivity contribution < 1.29 is 9.15 Å². The van der Waals surface area contributed by atoms with Gasteiger partial charge in [-0.25, -0.2) is 0 Å². The predicted molar refractivity (Wildman–Crippen MR) is 84.1 cm³/mol. The minimum Gasteiger partial charge on any atom is -0.497 e. The van der Waals surface area contributed by atoms with Crippen molar-refractivity contribution in [3.8, 4) is 5.75 Å². The van der Waals surface area contributed by atoms with Crippen LogP contribution in [0.25, 0.3) is 0 Å². The van der Waals surface area contributed by atoms with Gasteiger partial charge in [-0.2, -0.15) is 0 Å². The Labute approximate surface area is 128 Å². The first-order valence-electron chi connectivity index (χ1n) is 6.83. The molecule has 0 amide bonds. The molecule has 0 spiro atoms. The van der Waals surface area contributed by atoms with Gasteiger partial charge < -0.3 is 14.5 Å². The van der Waals surface area contributed by atoms with E-state index in [-0.39, 0.29) is 6.04 Å². The van der Waals surface area contributed by atoms with E-state index < -0.39 is 0 Å². The average Bonchev–Trinajstić information content (AvgIpc) is 2.90. The molecule has 1 aromatic heterocycles. The number of halogens is 1. The highest BCUT2D eigenvalue weighted by molar-refractivity contribution is 9.10. The third-order valence-corrected chi connectivity index (χ3v) is 3.88. The number of ether oxygens (including phenoxy) is 1. The summed E-state index contributed by atoms with van der Waals surface area (Å²) in [7, 11) is 1.69. The van der Waals surface area contributed by atoms with Crippen LogP contribution in [0.1, 0.15) is 30.5 Å². The van der Waals surface area contributed by atoms with E-state index in [9.17, 15) is 0 Å². The lowest BCUT2D eigenvalue weighted by Gasteiger charge is -2.18. The largest absolute Gasteiger partial charge is 0.497 e. The van der Waals surface area contributed by atoms with Gasteiger partial charge in [-0.1, -0.05) is 19.1 Å². The van der Waals surface area contributed by atoms with Crippen LogP contribution in [-0.4, -0.2) is 13.7 Å². The molecule has 1 heterocycles. The topological polar surface area (TPSA) is 34.4 Å². The third-order valence-electron chi connectivity index (χ3n) is 3.24. The summed E-state index contributed by atoms with van der Waals surface area (Å²) in [5, 5.41) is 3.57. The molecule has 0 bridgehead atoms. The van der Waals surface area contributed by atoms with E-state index in [1.807, 2.05) is 18.2 Å². The van der Waals surface area contributed by atoms with E-state index in [1.54, 1.807) is 13.4 Å². The van der Waals surface area contributed by atoms with Crippen molar-refractivity contribution in [1.29, 1.82) is 0 Å². The fourth-order valence-corrected chi connectivity index (χ4v) is 2.72. The van der Waals surface area contributed by atoms with Crippen LogP contribution in [0.4, 0.5) is 0 Å². The van der Waals surface area contributed by atoms with Gasteiger partial charge in [0, 0.05) is 11.6 Å². The molecule has 3 nitrogen and oxygen atoms in total. The minimum absolute atomic E-state index is 0.232. The van der Waals surface area contributed by atoms with E-state index in [4.69, 9.17) is 9.15 Å². The van der Waals surface area contributed by atoms with Crippen LogP contribution in [0.5, 0.6) is 5.75 Å². The summed E-state index contributed by atoms with van der Waals surface area (Å²) in [6.45, 7) is 3.15. The molecule has 1 unspecified atom stereocenters. The summed E-state index contributed by atoms with van der Waals surface area (Å²) in [5.41, 5.74) is 2.40. The molecule has 0 aliphatic carbocycles. The van der Waals surface area contributed by atoms with Gasteiger partial charge in [-0.15, -0.1) is 0 Å². The number of hydrogen-bond acceptors (Lipinski definition) is 3. The lowest BCUT2D eigenvalue weighted by molar-refractivity contribution is 0.413. The first-order chi connectivity index (χ1) is 9.74. The first kappa shape index (κ1) is 15.1. The van der Waals surface area contributed by atoms with Crippen LogP contribution in [0.15, 0.2) is 45.7 Å². The Morgan fingerprint density at radius 2 is 2.20 bits per heavy atom. The first-order valence-corrected chi connectivity index (χ1v) is 7.63. The van der Waals surface area contributed by atoms with Crippen molar-refractivity contribution in [2.75, 3.05) is 13.7 Å². The van der Waals surface area contributed by atoms with Gasteiger partial charge >= 0.3 is 0 Å². The van der Waals surface area contributed by atoms with Crippen molar-refractivity contribution >= 4 is 15.9 Å². The Kier molecular flexibility index (Phi) is 5.68. The number of hydrogen-bond donors (Lipinski definition) is 1. The van der Waals surface area contributed by atoms with E-state index in [0.717, 1.165) is 35.4 Å². The molecule has 108 valence electrons. The molecule has 0 fully saturated rings. The van der Waals surface area contributed by atoms with Gasteiger partial charge in [0.2, 0.25) is 0 Å². The quantitative estimate of drug-likeness (QED) is 0.816. The fraction of sp³-hybridized carbons (Fsp3) is 0.375. The van der Waals surface area contributed by atoms with Crippen molar-refractivity contribution in [1.82, 2.24) is 5.32 Å². The molecular formula is C16H20BrNO2. The van der Waals surface area contributed by atoms with Crippen LogP contribution in [0, 0.1) is 0 Å². The molecule has 2 aromatic rings. The maximum absolute atomic E-state index is 5.36. The van der Waals surface area contributed by atoms with Crippen molar-refractivity contribution in [2.24, 2.45) is 0 Å². The fourth-order valence-electron chi connectivity index (χ4n) is 2.20. The summed E-state index contributed by atoms with van der Waals surface area (Å²) in [4.78, 5) is 0. The minimum atomic E-state index is 0.232. The second-order valence-corrected chi connectivity index (χ2v) is 5.43. The summed E-state index contributed by atoms with van der Waals surface area (Å²) in [5.74, 6) is 0.892. The molecule has 1 atom stereocenters. The van der Waals surface area contributed by atoms with Crippen molar-refractivity contribution in [3.05, 3.63) is 52.4 Å². The SMILES string of the molecule is CCCNC(Cc1cccc(OC)c1)c1ccoc1Br. The lowest BCUT2D eigenvalue weighted by Crippen LogP contribution is -2.24. The maximum atomic E-state index is 5.36. The normalized spacial score (nSPS) is 12.3. The second kappa shape index (κ2) is 7.50. The molecule has 1 N–H and O–H groups in total. The lowest BCUT2D eigenvalue weighted by atomic mass is 10.0. The van der Waals surface area contributed by atoms with E-state index in [2.05, 4.69) is 40.3 Å². The molecule has 2 rings (SSSR count). The smallest absolute Gasteiger partial charge is 0.173 e. The van der Waals surface area contributed by atoms with Crippen LogP contribution >= 0.6 is 15.9 Å². The van der Waals surface area contributed by atoms with Gasteiger partial charge in [0.1, 0.15) is 5.75 Å². The van der Waals surface area contributed by atoms with E-state index in [1.165, 1.54) is 5.56 Å². The highest BCUT2D eigenvalue weighted by atomic mass is 79.9. The molecule has 4 heteroatoms. The summed E-state index contributed by atoms with van der Waals surface area (Å²) in [6.07, 6.45) is 3.71. The molecule has 20 heavy (non-hydrogen) atoms. The van der Waals surface area contributed by atoms with Gasteiger partial charge in [0.25, 0.3) is 0 Å². The summed E-state index contributed by atoms with van der Waals surface area (Å²) < 4.78 is 11.4. The van der Waals surface area contributed by atoms with Gasteiger partial charge in [0.05, 0.1) is 13.4 Å². The number of methoxy groups -OCH3 is 1. The van der Waals surface area contributed by atoms with Crippen LogP contribution in [0.2, 0.25) is 0 Å². The zero-order valence-corrected chi connectivity index (χ0v) is 13.4. The molecule has 0 saturated carbocycles. The van der Waals surface area contributed by atoms with Crippen LogP contribution in [-0.2, 0) is 6.42 Å². The van der Waals surface area contributed by atoms with Crippen LogP contribution in [0.3, 0.4) is 0 Å². The van der Waals surface area contributed by atoms with Crippen molar-refractivity contribution in [3.63, 3.8) is 0 Å². The monoisotopic (exact) mass is 337 g/mol. The third kappa shape index (κ3) is 3.87. The number of benzene rings is 1. The Balaban J connectivity index is 2.17. The number of furan rings is 1. The molecule has 0 aliphatic rings. The zero-order chi connectivity index (χ0) is 14.4. The van der Waals surface area contributed by atoms with E-state index in [0.29, 0.717) is 0 Å². The Morgan fingerprint density at radius 3 is 2.85 bits per heavy atom. The average molecular weight is 338 g/mol. The second-order valence-electron chi connectivity index (χ2n) is 4.71. The number of nitrogens with one attached hydrogen (secondary N) is 1. The highest BCUT2D eigenvalue weighted by Crippen LogP contribution is 2.28. The highest BCUT2D eigenvalue weighted by Gasteiger charge is 2.16. The zero-order valence-electron chi connectivity index (χ0n) is 11.9. The molecular weight excluding hydrogens is 318 g/mol. The summed E-state index contributed by atoms with van der Waals surface area (Å²) >= 11 is 3.47. The molecule has 0 radical (unpaired) electrons. The standard InChI is InChI=1S/C16H20BrNO2/c1-3-8-18-15(14-7-9-20-16(14)17)11-12-5-4-6-13(10-12)19-2/h4-7,9-10,15,18H,3,8,11H2,1-2H3. The molecule has 0 saturated heterocycles. The van der Waals surface area contributed by atoms with Gasteiger partial charge in [0.15, 0.2) is 4.67 Å². The Bertz CT molecular complexity index is 539. The maximum Gasteiger partial charge on any atom is 0.173 e. The Morgan fingerprint density at radius 1 is 1.35 bits per heavy atom. The molecule has 1 aromatic carbocycles. The molecule has 0 aliphatic heterocycles. The number of rotatable bonds is 7. The predicted octanol–water partition coefficient (Wildman–Crippen LogP) is 4.33.